The molecule has 0 heterocycles. The SMILES string of the molecule is CCC(C(=O)NC(C)C)N(Cc1cccc(C)c1)C(=O)CN(c1ccc(Oc2ccccc2)cc1)S(=O)(=O)c1ccc(C)cc1. The molecule has 8 nitrogen and oxygen atoms in total. The Hall–Kier alpha value is -4.63. The molecule has 0 fully saturated rings. The average molecular weight is 628 g/mol. The monoisotopic (exact) mass is 627 g/mol. The molecule has 4 aromatic carbocycles. The van der Waals surface area contributed by atoms with Crippen LogP contribution in [0.3, 0.4) is 0 Å². The van der Waals surface area contributed by atoms with E-state index in [4.69, 9.17) is 4.74 Å². The molecule has 9 heteroatoms. The molecular formula is C36H41N3O5S. The normalized spacial score (nSPS) is 12.0. The lowest BCUT2D eigenvalue weighted by Gasteiger charge is -2.33. The molecule has 0 spiro atoms. The van der Waals surface area contributed by atoms with E-state index in [9.17, 15) is 18.0 Å². The predicted molar refractivity (Wildman–Crippen MR) is 178 cm³/mol. The van der Waals surface area contributed by atoms with Gasteiger partial charge in [-0.2, -0.15) is 0 Å². The summed E-state index contributed by atoms with van der Waals surface area (Å²) >= 11 is 0. The first-order chi connectivity index (χ1) is 21.5. The first-order valence-corrected chi connectivity index (χ1v) is 16.5. The fourth-order valence-electron chi connectivity index (χ4n) is 4.98. The number of hydrogen-bond donors (Lipinski definition) is 1. The van der Waals surface area contributed by atoms with Gasteiger partial charge >= 0.3 is 0 Å². The molecule has 0 aliphatic rings. The smallest absolute Gasteiger partial charge is 0.264 e. The average Bonchev–Trinajstić information content (AvgIpc) is 3.00. The van der Waals surface area contributed by atoms with E-state index in [1.807, 2.05) is 89.2 Å². The Bertz CT molecular complexity index is 1690. The highest BCUT2D eigenvalue weighted by atomic mass is 32.2. The highest BCUT2D eigenvalue weighted by Crippen LogP contribution is 2.29. The van der Waals surface area contributed by atoms with Gasteiger partial charge < -0.3 is 15.0 Å². The first kappa shape index (κ1) is 33.3. The van der Waals surface area contributed by atoms with Crippen LogP contribution in [0.25, 0.3) is 0 Å². The van der Waals surface area contributed by atoms with Crippen LogP contribution in [-0.4, -0.2) is 43.8 Å². The Kier molecular flexibility index (Phi) is 11.0. The second kappa shape index (κ2) is 14.9. The summed E-state index contributed by atoms with van der Waals surface area (Å²) in [5.74, 6) is 0.370. The van der Waals surface area contributed by atoms with Crippen molar-refractivity contribution in [3.05, 3.63) is 120 Å². The molecule has 0 bridgehead atoms. The minimum atomic E-state index is -4.18. The number of aryl methyl sites for hydroxylation is 2. The molecule has 1 N–H and O–H groups in total. The fourth-order valence-corrected chi connectivity index (χ4v) is 6.39. The molecule has 1 unspecified atom stereocenters. The number of sulfonamides is 1. The number of rotatable bonds is 13. The Balaban J connectivity index is 1.73. The van der Waals surface area contributed by atoms with Crippen molar-refractivity contribution in [1.82, 2.24) is 10.2 Å². The lowest BCUT2D eigenvalue weighted by Crippen LogP contribution is -2.53. The summed E-state index contributed by atoms with van der Waals surface area (Å²) in [6, 6.07) is 29.1. The fraction of sp³-hybridized carbons (Fsp3) is 0.278. The molecule has 2 amide bonds. The minimum Gasteiger partial charge on any atom is -0.457 e. The van der Waals surface area contributed by atoms with Crippen LogP contribution in [0.1, 0.15) is 43.9 Å². The van der Waals surface area contributed by atoms with E-state index < -0.39 is 28.5 Å². The van der Waals surface area contributed by atoms with Crippen LogP contribution >= 0.6 is 0 Å². The number of anilines is 1. The number of para-hydroxylation sites is 1. The maximum Gasteiger partial charge on any atom is 0.264 e. The van der Waals surface area contributed by atoms with Gasteiger partial charge in [-0.05, 0) is 88.2 Å². The summed E-state index contributed by atoms with van der Waals surface area (Å²) < 4.78 is 35.3. The zero-order valence-electron chi connectivity index (χ0n) is 26.4. The summed E-state index contributed by atoms with van der Waals surface area (Å²) in [5, 5.41) is 2.92. The van der Waals surface area contributed by atoms with E-state index in [0.29, 0.717) is 23.6 Å². The first-order valence-electron chi connectivity index (χ1n) is 15.1. The molecule has 45 heavy (non-hydrogen) atoms. The Morgan fingerprint density at radius 2 is 1.44 bits per heavy atom. The molecule has 1 atom stereocenters. The summed E-state index contributed by atoms with van der Waals surface area (Å²) in [7, 11) is -4.18. The van der Waals surface area contributed by atoms with E-state index >= 15 is 0 Å². The lowest BCUT2D eigenvalue weighted by atomic mass is 10.1. The highest BCUT2D eigenvalue weighted by Gasteiger charge is 2.34. The maximum absolute atomic E-state index is 14.3. The lowest BCUT2D eigenvalue weighted by molar-refractivity contribution is -0.140. The Morgan fingerprint density at radius 3 is 2.04 bits per heavy atom. The van der Waals surface area contributed by atoms with Gasteiger partial charge in [0.05, 0.1) is 10.6 Å². The number of carbonyl (C=O) groups is 2. The molecule has 0 saturated carbocycles. The van der Waals surface area contributed by atoms with Crippen LogP contribution in [0, 0.1) is 13.8 Å². The van der Waals surface area contributed by atoms with Gasteiger partial charge in [0.2, 0.25) is 11.8 Å². The van der Waals surface area contributed by atoms with Crippen molar-refractivity contribution in [3.8, 4) is 11.5 Å². The molecule has 0 aliphatic heterocycles. The second-order valence-electron chi connectivity index (χ2n) is 11.3. The third-order valence-electron chi connectivity index (χ3n) is 7.24. The van der Waals surface area contributed by atoms with E-state index in [0.717, 1.165) is 21.0 Å². The van der Waals surface area contributed by atoms with Gasteiger partial charge in [0.25, 0.3) is 10.0 Å². The van der Waals surface area contributed by atoms with Crippen LogP contribution in [0.15, 0.2) is 108 Å². The highest BCUT2D eigenvalue weighted by molar-refractivity contribution is 7.92. The standard InChI is InChI=1S/C36H41N3O5S/c1-6-34(36(41)37-26(2)3)38(24-29-12-10-11-28(5)23-29)35(40)25-39(45(42,43)33-21-15-27(4)16-22-33)30-17-19-32(20-18-30)44-31-13-8-7-9-14-31/h7-23,26,34H,6,24-25H2,1-5H3,(H,37,41). The zero-order chi connectivity index (χ0) is 32.6. The van der Waals surface area contributed by atoms with Crippen LogP contribution in [-0.2, 0) is 26.2 Å². The molecule has 4 aromatic rings. The van der Waals surface area contributed by atoms with Crippen molar-refractivity contribution >= 4 is 27.5 Å². The van der Waals surface area contributed by atoms with E-state index in [-0.39, 0.29) is 23.4 Å². The molecule has 236 valence electrons. The molecule has 0 saturated heterocycles. The summed E-state index contributed by atoms with van der Waals surface area (Å²) in [4.78, 5) is 29.1. The number of ether oxygens (including phenoxy) is 1. The largest absolute Gasteiger partial charge is 0.457 e. The zero-order valence-corrected chi connectivity index (χ0v) is 27.3. The third kappa shape index (κ3) is 8.73. The van der Waals surface area contributed by atoms with Crippen molar-refractivity contribution in [2.45, 2.75) is 64.6 Å². The van der Waals surface area contributed by atoms with E-state index in [1.165, 1.54) is 17.0 Å². The van der Waals surface area contributed by atoms with Gasteiger partial charge in [0.1, 0.15) is 24.1 Å². The Morgan fingerprint density at radius 1 is 0.800 bits per heavy atom. The van der Waals surface area contributed by atoms with Gasteiger partial charge in [0, 0.05) is 12.6 Å². The molecule has 4 rings (SSSR count). The van der Waals surface area contributed by atoms with Crippen molar-refractivity contribution in [1.29, 1.82) is 0 Å². The summed E-state index contributed by atoms with van der Waals surface area (Å²) in [6.07, 6.45) is 0.354. The number of amides is 2. The number of benzene rings is 4. The van der Waals surface area contributed by atoms with Crippen molar-refractivity contribution in [3.63, 3.8) is 0 Å². The third-order valence-corrected chi connectivity index (χ3v) is 9.03. The van der Waals surface area contributed by atoms with E-state index in [2.05, 4.69) is 5.32 Å². The van der Waals surface area contributed by atoms with Crippen molar-refractivity contribution in [2.75, 3.05) is 10.8 Å². The Labute approximate surface area is 266 Å². The minimum absolute atomic E-state index is 0.0559. The van der Waals surface area contributed by atoms with Crippen molar-refractivity contribution < 1.29 is 22.7 Å². The predicted octanol–water partition coefficient (Wildman–Crippen LogP) is 6.62. The second-order valence-corrected chi connectivity index (χ2v) is 13.2. The van der Waals surface area contributed by atoms with Gasteiger partial charge in [-0.25, -0.2) is 8.42 Å². The number of nitrogens with one attached hydrogen (secondary N) is 1. The quantitative estimate of drug-likeness (QED) is 0.180. The summed E-state index contributed by atoms with van der Waals surface area (Å²) in [5.41, 5.74) is 3.06. The van der Waals surface area contributed by atoms with Crippen LogP contribution < -0.4 is 14.4 Å². The topological polar surface area (TPSA) is 96.0 Å². The van der Waals surface area contributed by atoms with Gasteiger partial charge in [-0.3, -0.25) is 13.9 Å². The summed E-state index contributed by atoms with van der Waals surface area (Å²) in [6.45, 7) is 9.03. The molecule has 0 aliphatic carbocycles. The number of hydrogen-bond acceptors (Lipinski definition) is 5. The number of nitrogens with zero attached hydrogens (tertiary/aromatic N) is 2. The molecule has 0 aromatic heterocycles. The number of carbonyl (C=O) groups excluding carboxylic acids is 2. The molecule has 0 radical (unpaired) electrons. The van der Waals surface area contributed by atoms with Crippen LogP contribution in [0.2, 0.25) is 0 Å². The van der Waals surface area contributed by atoms with E-state index in [1.54, 1.807) is 36.4 Å². The van der Waals surface area contributed by atoms with Crippen LogP contribution in [0.5, 0.6) is 11.5 Å². The van der Waals surface area contributed by atoms with Gasteiger partial charge in [-0.15, -0.1) is 0 Å². The van der Waals surface area contributed by atoms with Gasteiger partial charge in [-0.1, -0.05) is 72.6 Å². The van der Waals surface area contributed by atoms with Gasteiger partial charge in [0.15, 0.2) is 0 Å². The van der Waals surface area contributed by atoms with Crippen molar-refractivity contribution in [2.24, 2.45) is 0 Å². The van der Waals surface area contributed by atoms with Crippen LogP contribution in [0.4, 0.5) is 5.69 Å². The maximum atomic E-state index is 14.3. The molecular weight excluding hydrogens is 586 g/mol.